The van der Waals surface area contributed by atoms with Gasteiger partial charge in [-0.15, -0.1) is 0 Å². The minimum absolute atomic E-state index is 0.0693. The summed E-state index contributed by atoms with van der Waals surface area (Å²) in [5, 5.41) is 4.42. The third-order valence-corrected chi connectivity index (χ3v) is 4.08. The van der Waals surface area contributed by atoms with Gasteiger partial charge in [0.25, 0.3) is 0 Å². The van der Waals surface area contributed by atoms with Gasteiger partial charge in [-0.2, -0.15) is 0 Å². The molecule has 0 saturated heterocycles. The van der Waals surface area contributed by atoms with Gasteiger partial charge in [0.05, 0.1) is 5.60 Å². The van der Waals surface area contributed by atoms with Gasteiger partial charge in [0, 0.05) is 24.2 Å². The summed E-state index contributed by atoms with van der Waals surface area (Å²) in [6.07, 6.45) is 2.42. The Balaban J connectivity index is 1.73. The second-order valence-corrected chi connectivity index (χ2v) is 6.43. The molecule has 19 heavy (non-hydrogen) atoms. The highest BCUT2D eigenvalue weighted by molar-refractivity contribution is 6.30. The second kappa shape index (κ2) is 6.25. The third kappa shape index (κ3) is 4.20. The molecule has 106 valence electrons. The van der Waals surface area contributed by atoms with Gasteiger partial charge in [0.1, 0.15) is 0 Å². The summed E-state index contributed by atoms with van der Waals surface area (Å²) < 4.78 is 5.70. The molecule has 1 N–H and O–H groups in total. The molecule has 0 heterocycles. The van der Waals surface area contributed by atoms with Crippen molar-refractivity contribution in [1.29, 1.82) is 0 Å². The van der Waals surface area contributed by atoms with Crippen molar-refractivity contribution >= 4 is 11.6 Å². The SMILES string of the molecule is CCOC(C)(C)CNC1CC(c2ccc(Cl)cc2)C1. The molecular formula is C16H24ClNO. The van der Waals surface area contributed by atoms with Crippen molar-refractivity contribution in [3.8, 4) is 0 Å². The Kier molecular flexibility index (Phi) is 4.88. The van der Waals surface area contributed by atoms with Crippen LogP contribution in [0.1, 0.15) is 45.1 Å². The van der Waals surface area contributed by atoms with Crippen molar-refractivity contribution < 1.29 is 4.74 Å². The number of benzene rings is 1. The first-order valence-electron chi connectivity index (χ1n) is 7.13. The highest BCUT2D eigenvalue weighted by atomic mass is 35.5. The smallest absolute Gasteiger partial charge is 0.0750 e. The molecule has 3 heteroatoms. The van der Waals surface area contributed by atoms with Crippen LogP contribution < -0.4 is 5.32 Å². The normalized spacial score (nSPS) is 23.2. The molecule has 0 unspecified atom stereocenters. The molecule has 0 radical (unpaired) electrons. The first-order valence-corrected chi connectivity index (χ1v) is 7.51. The van der Waals surface area contributed by atoms with Crippen LogP contribution in [0.15, 0.2) is 24.3 Å². The molecule has 1 aliphatic rings. The summed E-state index contributed by atoms with van der Waals surface area (Å²) in [6, 6.07) is 8.88. The van der Waals surface area contributed by atoms with Crippen molar-refractivity contribution in [1.82, 2.24) is 5.32 Å². The van der Waals surface area contributed by atoms with E-state index in [1.807, 2.05) is 19.1 Å². The summed E-state index contributed by atoms with van der Waals surface area (Å²) in [7, 11) is 0. The average Bonchev–Trinajstić information content (AvgIpc) is 2.29. The standard InChI is InChI=1S/C16H24ClNO/c1-4-19-16(2,3)11-18-15-9-13(10-15)12-5-7-14(17)8-6-12/h5-8,13,15,18H,4,9-11H2,1-3H3. The first kappa shape index (κ1) is 14.8. The quantitative estimate of drug-likeness (QED) is 0.851. The predicted molar refractivity (Wildman–Crippen MR) is 80.9 cm³/mol. The number of rotatable bonds is 6. The van der Waals surface area contributed by atoms with Gasteiger partial charge in [-0.25, -0.2) is 0 Å². The van der Waals surface area contributed by atoms with Gasteiger partial charge in [0.15, 0.2) is 0 Å². The highest BCUT2D eigenvalue weighted by Gasteiger charge is 2.31. The lowest BCUT2D eigenvalue weighted by Crippen LogP contribution is -2.47. The van der Waals surface area contributed by atoms with Crippen molar-refractivity contribution in [3.63, 3.8) is 0 Å². The number of nitrogens with one attached hydrogen (secondary N) is 1. The zero-order valence-electron chi connectivity index (χ0n) is 12.1. The van der Waals surface area contributed by atoms with Gasteiger partial charge in [-0.3, -0.25) is 0 Å². The Bertz CT molecular complexity index is 396. The van der Waals surface area contributed by atoms with Crippen molar-refractivity contribution in [2.24, 2.45) is 0 Å². The fraction of sp³-hybridized carbons (Fsp3) is 0.625. The monoisotopic (exact) mass is 281 g/mol. The van der Waals surface area contributed by atoms with E-state index in [-0.39, 0.29) is 5.60 Å². The van der Waals surface area contributed by atoms with E-state index in [0.717, 1.165) is 18.2 Å². The predicted octanol–water partition coefficient (Wildman–Crippen LogP) is 3.99. The maximum atomic E-state index is 5.91. The van der Waals surface area contributed by atoms with Crippen LogP contribution in [0.5, 0.6) is 0 Å². The van der Waals surface area contributed by atoms with Crippen LogP contribution in [-0.2, 0) is 4.74 Å². The number of ether oxygens (including phenoxy) is 1. The number of hydrogen-bond acceptors (Lipinski definition) is 2. The van der Waals surface area contributed by atoms with Crippen molar-refractivity contribution in [2.45, 2.75) is 51.2 Å². The summed E-state index contributed by atoms with van der Waals surface area (Å²) >= 11 is 5.91. The Morgan fingerprint density at radius 3 is 2.47 bits per heavy atom. The molecule has 2 rings (SSSR count). The van der Waals surface area contributed by atoms with Crippen LogP contribution in [-0.4, -0.2) is 24.8 Å². The van der Waals surface area contributed by atoms with E-state index in [2.05, 4.69) is 31.3 Å². The lowest BCUT2D eigenvalue weighted by molar-refractivity contribution is -0.0128. The lowest BCUT2D eigenvalue weighted by atomic mass is 9.76. The topological polar surface area (TPSA) is 21.3 Å². The molecule has 0 amide bonds. The maximum Gasteiger partial charge on any atom is 0.0750 e. The molecular weight excluding hydrogens is 258 g/mol. The third-order valence-electron chi connectivity index (χ3n) is 3.83. The Hall–Kier alpha value is -0.570. The Morgan fingerprint density at radius 1 is 1.26 bits per heavy atom. The van der Waals surface area contributed by atoms with Gasteiger partial charge in [0.2, 0.25) is 0 Å². The second-order valence-electron chi connectivity index (χ2n) is 5.99. The maximum absolute atomic E-state index is 5.91. The fourth-order valence-electron chi connectivity index (χ4n) is 2.62. The van der Waals surface area contributed by atoms with E-state index in [1.54, 1.807) is 0 Å². The van der Waals surface area contributed by atoms with E-state index < -0.39 is 0 Å². The molecule has 1 aliphatic carbocycles. The molecule has 1 aromatic rings. The van der Waals surface area contributed by atoms with Gasteiger partial charge >= 0.3 is 0 Å². The zero-order chi connectivity index (χ0) is 13.9. The fourth-order valence-corrected chi connectivity index (χ4v) is 2.75. The van der Waals surface area contributed by atoms with E-state index in [1.165, 1.54) is 18.4 Å². The van der Waals surface area contributed by atoms with Gasteiger partial charge < -0.3 is 10.1 Å². The molecule has 1 saturated carbocycles. The average molecular weight is 282 g/mol. The van der Waals surface area contributed by atoms with Crippen molar-refractivity contribution in [2.75, 3.05) is 13.2 Å². The van der Waals surface area contributed by atoms with Crippen LogP contribution in [0.25, 0.3) is 0 Å². The van der Waals surface area contributed by atoms with Crippen LogP contribution in [0.4, 0.5) is 0 Å². The summed E-state index contributed by atoms with van der Waals surface area (Å²) in [5.41, 5.74) is 1.34. The summed E-state index contributed by atoms with van der Waals surface area (Å²) in [4.78, 5) is 0. The van der Waals surface area contributed by atoms with Crippen molar-refractivity contribution in [3.05, 3.63) is 34.9 Å². The van der Waals surface area contributed by atoms with Gasteiger partial charge in [-0.05, 0) is 57.2 Å². The van der Waals surface area contributed by atoms with Crippen LogP contribution in [0.2, 0.25) is 5.02 Å². The summed E-state index contributed by atoms with van der Waals surface area (Å²) in [6.45, 7) is 8.00. The highest BCUT2D eigenvalue weighted by Crippen LogP contribution is 2.37. The molecule has 0 aliphatic heterocycles. The Labute approximate surface area is 121 Å². The van der Waals surface area contributed by atoms with E-state index in [0.29, 0.717) is 12.0 Å². The van der Waals surface area contributed by atoms with E-state index in [9.17, 15) is 0 Å². The molecule has 0 atom stereocenters. The lowest BCUT2D eigenvalue weighted by Gasteiger charge is -2.38. The molecule has 1 fully saturated rings. The molecule has 0 bridgehead atoms. The number of hydrogen-bond donors (Lipinski definition) is 1. The van der Waals surface area contributed by atoms with Crippen LogP contribution in [0, 0.1) is 0 Å². The zero-order valence-corrected chi connectivity index (χ0v) is 12.8. The molecule has 0 aromatic heterocycles. The molecule has 0 spiro atoms. The van der Waals surface area contributed by atoms with Crippen LogP contribution in [0.3, 0.4) is 0 Å². The minimum atomic E-state index is -0.0693. The number of halogens is 1. The summed E-state index contributed by atoms with van der Waals surface area (Å²) in [5.74, 6) is 0.685. The van der Waals surface area contributed by atoms with E-state index >= 15 is 0 Å². The largest absolute Gasteiger partial charge is 0.375 e. The van der Waals surface area contributed by atoms with E-state index in [4.69, 9.17) is 16.3 Å². The Morgan fingerprint density at radius 2 is 1.89 bits per heavy atom. The van der Waals surface area contributed by atoms with Crippen LogP contribution >= 0.6 is 11.6 Å². The van der Waals surface area contributed by atoms with Gasteiger partial charge in [-0.1, -0.05) is 23.7 Å². The minimum Gasteiger partial charge on any atom is -0.375 e. The first-order chi connectivity index (χ1) is 9.00. The molecule has 2 nitrogen and oxygen atoms in total. The molecule has 1 aromatic carbocycles.